The van der Waals surface area contributed by atoms with Gasteiger partial charge in [-0.05, 0) is 23.3 Å². The lowest BCUT2D eigenvalue weighted by Crippen LogP contribution is -2.00. The van der Waals surface area contributed by atoms with Gasteiger partial charge in [0.25, 0.3) is 0 Å². The Labute approximate surface area is 123 Å². The van der Waals surface area contributed by atoms with Crippen LogP contribution in [0.2, 0.25) is 0 Å². The highest BCUT2D eigenvalue weighted by molar-refractivity contribution is 6.08. The van der Waals surface area contributed by atoms with Gasteiger partial charge in [0, 0.05) is 5.56 Å². The fraction of sp³-hybridized carbons (Fsp3) is 0.105. The van der Waals surface area contributed by atoms with Crippen LogP contribution in [0.25, 0.3) is 10.8 Å². The Kier molecular flexibility index (Phi) is 2.58. The van der Waals surface area contributed by atoms with E-state index in [1.807, 2.05) is 61.5 Å². The Balaban J connectivity index is 1.92. The van der Waals surface area contributed by atoms with Crippen LogP contribution in [0, 0.1) is 6.92 Å². The van der Waals surface area contributed by atoms with Crippen molar-refractivity contribution in [3.8, 4) is 0 Å². The third-order valence-corrected chi connectivity index (χ3v) is 4.05. The largest absolute Gasteiger partial charge is 0.449 e. The molecule has 2 nitrogen and oxygen atoms in total. The predicted octanol–water partition coefficient (Wildman–Crippen LogP) is 4.41. The third kappa shape index (κ3) is 1.83. The number of cyclic esters (lactones) is 1. The fourth-order valence-electron chi connectivity index (χ4n) is 2.95. The molecule has 0 bridgehead atoms. The topological polar surface area (TPSA) is 26.3 Å². The van der Waals surface area contributed by atoms with E-state index in [0.717, 1.165) is 21.9 Å². The fourth-order valence-corrected chi connectivity index (χ4v) is 2.95. The normalized spacial score (nSPS) is 16.8. The third-order valence-electron chi connectivity index (χ3n) is 4.05. The molecule has 0 amide bonds. The van der Waals surface area contributed by atoms with Gasteiger partial charge in [-0.3, -0.25) is 0 Å². The molecule has 102 valence electrons. The summed E-state index contributed by atoms with van der Waals surface area (Å²) in [5, 5.41) is 2.03. The lowest BCUT2D eigenvalue weighted by molar-refractivity contribution is 0.0457. The van der Waals surface area contributed by atoms with Crippen LogP contribution in [0.3, 0.4) is 0 Å². The number of aryl methyl sites for hydroxylation is 1. The molecular formula is C19H14O2. The van der Waals surface area contributed by atoms with E-state index in [1.165, 1.54) is 5.56 Å². The molecule has 0 spiro atoms. The van der Waals surface area contributed by atoms with Gasteiger partial charge < -0.3 is 4.74 Å². The maximum Gasteiger partial charge on any atom is 0.340 e. The van der Waals surface area contributed by atoms with E-state index in [9.17, 15) is 4.79 Å². The van der Waals surface area contributed by atoms with Crippen LogP contribution in [0.1, 0.15) is 33.2 Å². The van der Waals surface area contributed by atoms with E-state index in [2.05, 4.69) is 6.07 Å². The second-order valence-electron chi connectivity index (χ2n) is 5.45. The highest BCUT2D eigenvalue weighted by atomic mass is 16.5. The summed E-state index contributed by atoms with van der Waals surface area (Å²) in [5.74, 6) is -0.229. The van der Waals surface area contributed by atoms with Crippen LogP contribution >= 0.6 is 0 Å². The molecule has 0 radical (unpaired) electrons. The smallest absolute Gasteiger partial charge is 0.340 e. The first-order valence-electron chi connectivity index (χ1n) is 7.03. The van der Waals surface area contributed by atoms with Crippen molar-refractivity contribution >= 4 is 16.7 Å². The second kappa shape index (κ2) is 4.45. The number of esters is 1. The molecule has 0 aromatic heterocycles. The predicted molar refractivity (Wildman–Crippen MR) is 82.4 cm³/mol. The van der Waals surface area contributed by atoms with E-state index in [0.29, 0.717) is 5.56 Å². The number of fused-ring (bicyclic) bond motifs is 3. The minimum atomic E-state index is -0.294. The van der Waals surface area contributed by atoms with E-state index in [-0.39, 0.29) is 12.1 Å². The second-order valence-corrected chi connectivity index (χ2v) is 5.45. The zero-order chi connectivity index (χ0) is 14.4. The van der Waals surface area contributed by atoms with Gasteiger partial charge in [0.1, 0.15) is 0 Å². The molecule has 0 fully saturated rings. The number of carbonyl (C=O) groups excluding carboxylic acids is 1. The van der Waals surface area contributed by atoms with Crippen LogP contribution in [-0.4, -0.2) is 5.97 Å². The summed E-state index contributed by atoms with van der Waals surface area (Å²) in [6.07, 6.45) is -0.294. The van der Waals surface area contributed by atoms with Gasteiger partial charge >= 0.3 is 5.97 Å². The number of hydrogen-bond donors (Lipinski definition) is 0. The quantitative estimate of drug-likeness (QED) is 0.614. The lowest BCUT2D eigenvalue weighted by Gasteiger charge is -2.11. The van der Waals surface area contributed by atoms with Crippen LogP contribution in [-0.2, 0) is 4.74 Å². The molecule has 1 aliphatic heterocycles. The van der Waals surface area contributed by atoms with Gasteiger partial charge in [-0.25, -0.2) is 4.79 Å². The van der Waals surface area contributed by atoms with Gasteiger partial charge in [0.2, 0.25) is 0 Å². The molecule has 0 aliphatic carbocycles. The number of rotatable bonds is 1. The van der Waals surface area contributed by atoms with Crippen molar-refractivity contribution in [2.75, 3.05) is 0 Å². The Bertz CT molecular complexity index is 847. The van der Waals surface area contributed by atoms with E-state index < -0.39 is 0 Å². The molecule has 0 saturated carbocycles. The molecule has 1 heterocycles. The molecule has 1 aliphatic rings. The number of benzene rings is 3. The summed E-state index contributed by atoms with van der Waals surface area (Å²) in [6.45, 7) is 2.05. The summed E-state index contributed by atoms with van der Waals surface area (Å²) in [5.41, 5.74) is 3.88. The summed E-state index contributed by atoms with van der Waals surface area (Å²) in [7, 11) is 0. The summed E-state index contributed by atoms with van der Waals surface area (Å²) >= 11 is 0. The zero-order valence-electron chi connectivity index (χ0n) is 11.7. The average Bonchev–Trinajstić information content (AvgIpc) is 2.86. The molecule has 3 aromatic rings. The van der Waals surface area contributed by atoms with Crippen LogP contribution in [0.5, 0.6) is 0 Å². The lowest BCUT2D eigenvalue weighted by atomic mass is 9.94. The standard InChI is InChI=1S/C19H14O2/c1-12-6-8-14(9-7-12)18-16-11-10-13-4-2-3-5-15(13)17(16)19(20)21-18/h2-11,18H,1H3. The van der Waals surface area contributed by atoms with Crippen molar-refractivity contribution in [2.45, 2.75) is 13.0 Å². The number of ether oxygens (including phenoxy) is 1. The highest BCUT2D eigenvalue weighted by Crippen LogP contribution is 2.39. The first-order valence-corrected chi connectivity index (χ1v) is 7.03. The van der Waals surface area contributed by atoms with Gasteiger partial charge in [-0.2, -0.15) is 0 Å². The molecule has 1 atom stereocenters. The summed E-state index contributed by atoms with van der Waals surface area (Å²) < 4.78 is 5.63. The Hall–Kier alpha value is -2.61. The Morgan fingerprint density at radius 3 is 2.48 bits per heavy atom. The van der Waals surface area contributed by atoms with Crippen molar-refractivity contribution in [3.63, 3.8) is 0 Å². The van der Waals surface area contributed by atoms with Crippen molar-refractivity contribution in [2.24, 2.45) is 0 Å². The van der Waals surface area contributed by atoms with E-state index >= 15 is 0 Å². The average molecular weight is 274 g/mol. The molecule has 0 N–H and O–H groups in total. The van der Waals surface area contributed by atoms with Crippen molar-refractivity contribution in [3.05, 3.63) is 82.9 Å². The van der Waals surface area contributed by atoms with Crippen molar-refractivity contribution in [1.29, 1.82) is 0 Å². The van der Waals surface area contributed by atoms with Crippen LogP contribution < -0.4 is 0 Å². The first kappa shape index (κ1) is 12.2. The Morgan fingerprint density at radius 1 is 0.905 bits per heavy atom. The molecular weight excluding hydrogens is 260 g/mol. The molecule has 4 rings (SSSR count). The number of carbonyl (C=O) groups is 1. The minimum Gasteiger partial charge on any atom is -0.449 e. The monoisotopic (exact) mass is 274 g/mol. The van der Waals surface area contributed by atoms with E-state index in [4.69, 9.17) is 4.74 Å². The summed E-state index contributed by atoms with van der Waals surface area (Å²) in [4.78, 5) is 12.3. The maximum absolute atomic E-state index is 12.3. The van der Waals surface area contributed by atoms with Crippen LogP contribution in [0.4, 0.5) is 0 Å². The molecule has 2 heteroatoms. The van der Waals surface area contributed by atoms with Gasteiger partial charge in [-0.1, -0.05) is 66.2 Å². The first-order chi connectivity index (χ1) is 10.2. The SMILES string of the molecule is Cc1ccc(C2OC(=O)c3c2ccc2ccccc32)cc1. The maximum atomic E-state index is 12.3. The van der Waals surface area contributed by atoms with Gasteiger partial charge in [-0.15, -0.1) is 0 Å². The molecule has 0 saturated heterocycles. The van der Waals surface area contributed by atoms with Crippen molar-refractivity contribution < 1.29 is 9.53 Å². The zero-order valence-corrected chi connectivity index (χ0v) is 11.7. The van der Waals surface area contributed by atoms with Crippen LogP contribution in [0.15, 0.2) is 60.7 Å². The van der Waals surface area contributed by atoms with Crippen molar-refractivity contribution in [1.82, 2.24) is 0 Å². The van der Waals surface area contributed by atoms with Gasteiger partial charge in [0.15, 0.2) is 6.10 Å². The van der Waals surface area contributed by atoms with Gasteiger partial charge in [0.05, 0.1) is 5.56 Å². The number of hydrogen-bond acceptors (Lipinski definition) is 2. The molecule has 1 unspecified atom stereocenters. The highest BCUT2D eigenvalue weighted by Gasteiger charge is 2.33. The molecule has 3 aromatic carbocycles. The Morgan fingerprint density at radius 2 is 1.67 bits per heavy atom. The molecule has 21 heavy (non-hydrogen) atoms. The minimum absolute atomic E-state index is 0.229. The van der Waals surface area contributed by atoms with E-state index in [1.54, 1.807) is 0 Å². The summed E-state index contributed by atoms with van der Waals surface area (Å²) in [6, 6.07) is 20.1.